The number of phenols is 1. The minimum absolute atomic E-state index is 0.0146. The number of methoxy groups -OCH3 is 1. The zero-order valence-electron chi connectivity index (χ0n) is 15.9. The van der Waals surface area contributed by atoms with Gasteiger partial charge in [-0.25, -0.2) is 0 Å². The van der Waals surface area contributed by atoms with E-state index in [-0.39, 0.29) is 23.4 Å². The number of aromatic hydroxyl groups is 1. The molecule has 2 aromatic carbocycles. The Kier molecular flexibility index (Phi) is 5.42. The van der Waals surface area contributed by atoms with Gasteiger partial charge < -0.3 is 19.7 Å². The summed E-state index contributed by atoms with van der Waals surface area (Å²) in [5.74, 6) is 1.22. The van der Waals surface area contributed by atoms with Crippen LogP contribution in [0.25, 0.3) is 0 Å². The number of rotatable bonds is 6. The zero-order valence-corrected chi connectivity index (χ0v) is 15.9. The van der Waals surface area contributed by atoms with Crippen molar-refractivity contribution in [3.05, 3.63) is 53.8 Å². The molecule has 2 N–H and O–H groups in total. The predicted octanol–water partition coefficient (Wildman–Crippen LogP) is 3.36. The van der Waals surface area contributed by atoms with Gasteiger partial charge in [-0.1, -0.05) is 18.2 Å². The molecule has 2 unspecified atom stereocenters. The highest BCUT2D eigenvalue weighted by atomic mass is 19.1. The maximum absolute atomic E-state index is 14.3. The predicted molar refractivity (Wildman–Crippen MR) is 103 cm³/mol. The van der Waals surface area contributed by atoms with Crippen LogP contribution in [-0.2, 0) is 0 Å². The molecule has 5 nitrogen and oxygen atoms in total. The van der Waals surface area contributed by atoms with E-state index in [2.05, 4.69) is 4.90 Å². The topological polar surface area (TPSA) is 62.2 Å². The number of likely N-dealkylation sites (tertiary alicyclic amines) is 1. The lowest BCUT2D eigenvalue weighted by molar-refractivity contribution is 0.115. The van der Waals surface area contributed by atoms with Gasteiger partial charge in [0.25, 0.3) is 0 Å². The minimum atomic E-state index is -0.572. The van der Waals surface area contributed by atoms with Crippen molar-refractivity contribution < 1.29 is 24.1 Å². The first-order valence-electron chi connectivity index (χ1n) is 9.72. The first-order valence-corrected chi connectivity index (χ1v) is 9.72. The fraction of sp³-hybridized carbons (Fsp3) is 0.455. The van der Waals surface area contributed by atoms with E-state index in [1.165, 1.54) is 7.11 Å². The molecule has 0 aromatic heterocycles. The maximum atomic E-state index is 14.3. The molecule has 6 heteroatoms. The van der Waals surface area contributed by atoms with Crippen LogP contribution >= 0.6 is 0 Å². The summed E-state index contributed by atoms with van der Waals surface area (Å²) in [6.45, 7) is 2.41. The third kappa shape index (κ3) is 3.93. The van der Waals surface area contributed by atoms with E-state index in [1.54, 1.807) is 42.5 Å². The average Bonchev–Trinajstić information content (AvgIpc) is 3.21. The summed E-state index contributed by atoms with van der Waals surface area (Å²) < 4.78 is 25.3. The summed E-state index contributed by atoms with van der Waals surface area (Å²) in [5.41, 5.74) is 0.810. The second kappa shape index (κ2) is 7.97. The highest BCUT2D eigenvalue weighted by molar-refractivity contribution is 5.35. The molecule has 1 saturated heterocycles. The van der Waals surface area contributed by atoms with E-state index in [0.717, 1.165) is 31.5 Å². The second-order valence-corrected chi connectivity index (χ2v) is 7.83. The molecule has 0 amide bonds. The van der Waals surface area contributed by atoms with Crippen molar-refractivity contribution in [3.8, 4) is 17.2 Å². The van der Waals surface area contributed by atoms with E-state index >= 15 is 0 Å². The molecule has 150 valence electrons. The van der Waals surface area contributed by atoms with Gasteiger partial charge in [0.2, 0.25) is 5.82 Å². The SMILES string of the molecule is COc1cccc(OC2C[C@@H]3CN(CC(O)c4ccc(O)cc4)C[C@@H]3C2)c1F. The Bertz CT molecular complexity index is 799. The molecule has 2 aromatic rings. The van der Waals surface area contributed by atoms with Gasteiger partial charge in [-0.15, -0.1) is 0 Å². The lowest BCUT2D eigenvalue weighted by Crippen LogP contribution is -2.29. The Labute approximate surface area is 164 Å². The summed E-state index contributed by atoms with van der Waals surface area (Å²) in [7, 11) is 1.45. The molecule has 1 saturated carbocycles. The van der Waals surface area contributed by atoms with E-state index in [9.17, 15) is 14.6 Å². The maximum Gasteiger partial charge on any atom is 0.206 e. The normalized spacial score (nSPS) is 25.5. The molecule has 4 rings (SSSR count). The summed E-state index contributed by atoms with van der Waals surface area (Å²) in [6.07, 6.45) is 1.23. The Morgan fingerprint density at radius 3 is 2.36 bits per heavy atom. The molecule has 0 bridgehead atoms. The van der Waals surface area contributed by atoms with E-state index in [4.69, 9.17) is 9.47 Å². The average molecular weight is 387 g/mol. The number of hydrogen-bond donors (Lipinski definition) is 2. The third-order valence-corrected chi connectivity index (χ3v) is 5.93. The number of phenolic OH excluding ortho intramolecular Hbond substituents is 1. The van der Waals surface area contributed by atoms with Crippen molar-refractivity contribution in [2.75, 3.05) is 26.7 Å². The van der Waals surface area contributed by atoms with Crippen LogP contribution in [0.2, 0.25) is 0 Å². The van der Waals surface area contributed by atoms with Crippen LogP contribution in [0.5, 0.6) is 17.2 Å². The van der Waals surface area contributed by atoms with Crippen molar-refractivity contribution >= 4 is 0 Å². The van der Waals surface area contributed by atoms with Gasteiger partial charge in [-0.05, 0) is 54.5 Å². The van der Waals surface area contributed by atoms with Crippen LogP contribution in [0.4, 0.5) is 4.39 Å². The van der Waals surface area contributed by atoms with Gasteiger partial charge >= 0.3 is 0 Å². The molecule has 0 spiro atoms. The second-order valence-electron chi connectivity index (χ2n) is 7.83. The van der Waals surface area contributed by atoms with Gasteiger partial charge in [0, 0.05) is 19.6 Å². The molecule has 4 atom stereocenters. The summed E-state index contributed by atoms with van der Waals surface area (Å²) in [4.78, 5) is 2.29. The number of halogens is 1. The number of β-amino-alcohol motifs (C(OH)–C–C–N with tert-alkyl or cyclic N) is 1. The van der Waals surface area contributed by atoms with E-state index in [0.29, 0.717) is 18.4 Å². The lowest BCUT2D eigenvalue weighted by Gasteiger charge is -2.22. The number of aliphatic hydroxyl groups is 1. The summed E-state index contributed by atoms with van der Waals surface area (Å²) in [5, 5.41) is 19.8. The highest BCUT2D eigenvalue weighted by Crippen LogP contribution is 2.41. The van der Waals surface area contributed by atoms with Crippen LogP contribution in [0.15, 0.2) is 42.5 Å². The van der Waals surface area contributed by atoms with Crippen LogP contribution in [0.1, 0.15) is 24.5 Å². The Morgan fingerprint density at radius 1 is 1.07 bits per heavy atom. The van der Waals surface area contributed by atoms with Crippen LogP contribution < -0.4 is 9.47 Å². The first-order chi connectivity index (χ1) is 13.5. The third-order valence-electron chi connectivity index (χ3n) is 5.93. The van der Waals surface area contributed by atoms with Gasteiger partial charge in [0.15, 0.2) is 11.5 Å². The monoisotopic (exact) mass is 387 g/mol. The Balaban J connectivity index is 1.30. The van der Waals surface area contributed by atoms with E-state index < -0.39 is 11.9 Å². The first kappa shape index (κ1) is 19.0. The van der Waals surface area contributed by atoms with Crippen molar-refractivity contribution in [1.29, 1.82) is 0 Å². The molecule has 1 heterocycles. The Morgan fingerprint density at radius 2 is 1.71 bits per heavy atom. The number of ether oxygens (including phenoxy) is 2. The quantitative estimate of drug-likeness (QED) is 0.796. The fourth-order valence-corrected chi connectivity index (χ4v) is 4.55. The fourth-order valence-electron chi connectivity index (χ4n) is 4.55. The number of hydrogen-bond acceptors (Lipinski definition) is 5. The largest absolute Gasteiger partial charge is 0.508 e. The molecule has 2 aliphatic rings. The van der Waals surface area contributed by atoms with Crippen molar-refractivity contribution in [1.82, 2.24) is 4.90 Å². The Hall–Kier alpha value is -2.31. The number of benzene rings is 2. The summed E-state index contributed by atoms with van der Waals surface area (Å²) in [6, 6.07) is 11.7. The molecule has 1 aliphatic heterocycles. The lowest BCUT2D eigenvalue weighted by atomic mass is 10.0. The number of aliphatic hydroxyl groups excluding tert-OH is 1. The van der Waals surface area contributed by atoms with Gasteiger partial charge in [0.1, 0.15) is 5.75 Å². The molecule has 28 heavy (non-hydrogen) atoms. The minimum Gasteiger partial charge on any atom is -0.508 e. The smallest absolute Gasteiger partial charge is 0.206 e. The number of nitrogens with zero attached hydrogens (tertiary/aromatic N) is 1. The van der Waals surface area contributed by atoms with Gasteiger partial charge in [-0.3, -0.25) is 4.90 Å². The number of fused-ring (bicyclic) bond motifs is 1. The van der Waals surface area contributed by atoms with Crippen LogP contribution in [0.3, 0.4) is 0 Å². The highest BCUT2D eigenvalue weighted by Gasteiger charge is 2.42. The van der Waals surface area contributed by atoms with Crippen LogP contribution in [0, 0.1) is 17.7 Å². The van der Waals surface area contributed by atoms with Gasteiger partial charge in [-0.2, -0.15) is 4.39 Å². The van der Waals surface area contributed by atoms with Crippen molar-refractivity contribution in [2.24, 2.45) is 11.8 Å². The van der Waals surface area contributed by atoms with Crippen molar-refractivity contribution in [3.63, 3.8) is 0 Å². The standard InChI is InChI=1S/C22H26FNO4/c1-27-20-3-2-4-21(22(20)23)28-18-9-15-11-24(12-16(15)10-18)13-19(26)14-5-7-17(25)8-6-14/h2-8,15-16,18-19,25-26H,9-13H2,1H3/t15-,16+,18?,19?. The van der Waals surface area contributed by atoms with E-state index in [1.807, 2.05) is 0 Å². The molecule has 1 aliphatic carbocycles. The van der Waals surface area contributed by atoms with Crippen LogP contribution in [-0.4, -0.2) is 48.0 Å². The molecular weight excluding hydrogens is 361 g/mol. The molecule has 0 radical (unpaired) electrons. The summed E-state index contributed by atoms with van der Waals surface area (Å²) >= 11 is 0. The molecular formula is C22H26FNO4. The van der Waals surface area contributed by atoms with Gasteiger partial charge in [0.05, 0.1) is 19.3 Å². The van der Waals surface area contributed by atoms with Crippen molar-refractivity contribution in [2.45, 2.75) is 25.0 Å². The molecule has 2 fully saturated rings. The zero-order chi connectivity index (χ0) is 19.7.